The first-order valence-corrected chi connectivity index (χ1v) is 6.60. The van der Waals surface area contributed by atoms with Crippen molar-refractivity contribution in [3.8, 4) is 0 Å². The van der Waals surface area contributed by atoms with E-state index in [1.807, 2.05) is 12.1 Å². The lowest BCUT2D eigenvalue weighted by Gasteiger charge is -2.10. The molecule has 1 aromatic rings. The summed E-state index contributed by atoms with van der Waals surface area (Å²) in [6.45, 7) is 2.33. The van der Waals surface area contributed by atoms with E-state index in [4.69, 9.17) is 28.3 Å². The van der Waals surface area contributed by atoms with Crippen molar-refractivity contribution in [2.45, 2.75) is 24.3 Å². The molecule has 0 heterocycles. The van der Waals surface area contributed by atoms with Gasteiger partial charge in [-0.2, -0.15) is 11.8 Å². The minimum Gasteiger partial charge on any atom is -0.396 e. The molecule has 0 aliphatic rings. The Morgan fingerprint density at radius 2 is 2.13 bits per heavy atom. The maximum Gasteiger partial charge on any atom is 0.0447 e. The second-order valence-electron chi connectivity index (χ2n) is 3.37. The van der Waals surface area contributed by atoms with Crippen LogP contribution < -0.4 is 0 Å². The molecule has 1 rings (SSSR count). The highest BCUT2D eigenvalue weighted by molar-refractivity contribution is 7.99. The van der Waals surface area contributed by atoms with E-state index in [2.05, 4.69) is 6.92 Å². The Morgan fingerprint density at radius 1 is 1.40 bits per heavy atom. The van der Waals surface area contributed by atoms with E-state index in [9.17, 15) is 0 Å². The average molecular weight is 265 g/mol. The predicted molar refractivity (Wildman–Crippen MR) is 68.9 cm³/mol. The third-order valence-electron chi connectivity index (χ3n) is 2.07. The number of aliphatic hydroxyl groups is 1. The molecule has 0 aliphatic heterocycles. The van der Waals surface area contributed by atoms with Crippen LogP contribution >= 0.6 is 35.0 Å². The zero-order valence-electron chi connectivity index (χ0n) is 8.54. The standard InChI is InChI=1S/C11H14Cl2OS/c1-8(4-5-14)15-7-9-6-10(12)2-3-11(9)13/h2-3,6,8,14H,4-5,7H2,1H3. The number of rotatable bonds is 5. The monoisotopic (exact) mass is 264 g/mol. The van der Waals surface area contributed by atoms with E-state index in [1.54, 1.807) is 17.8 Å². The predicted octanol–water partition coefficient (Wildman–Crippen LogP) is 4.00. The summed E-state index contributed by atoms with van der Waals surface area (Å²) in [7, 11) is 0. The molecule has 0 aromatic heterocycles. The number of hydrogen-bond donors (Lipinski definition) is 1. The van der Waals surface area contributed by atoms with E-state index in [1.165, 1.54) is 0 Å². The maximum absolute atomic E-state index is 8.77. The zero-order chi connectivity index (χ0) is 11.3. The molecule has 1 aromatic carbocycles. The van der Waals surface area contributed by atoms with Crippen LogP contribution in [0.2, 0.25) is 10.0 Å². The van der Waals surface area contributed by atoms with Gasteiger partial charge in [0.05, 0.1) is 0 Å². The lowest BCUT2D eigenvalue weighted by atomic mass is 10.2. The van der Waals surface area contributed by atoms with Gasteiger partial charge < -0.3 is 5.11 Å². The highest BCUT2D eigenvalue weighted by atomic mass is 35.5. The Hall–Kier alpha value is 0.110. The molecule has 0 amide bonds. The van der Waals surface area contributed by atoms with Gasteiger partial charge in [-0.25, -0.2) is 0 Å². The molecule has 0 saturated heterocycles. The van der Waals surface area contributed by atoms with E-state index in [0.29, 0.717) is 10.3 Å². The first-order chi connectivity index (χ1) is 7.13. The van der Waals surface area contributed by atoms with Gasteiger partial charge in [0.15, 0.2) is 0 Å². The second-order valence-corrected chi connectivity index (χ2v) is 5.64. The number of halogens is 2. The van der Waals surface area contributed by atoms with Gasteiger partial charge >= 0.3 is 0 Å². The summed E-state index contributed by atoms with van der Waals surface area (Å²) in [5.41, 5.74) is 1.05. The summed E-state index contributed by atoms with van der Waals surface area (Å²) in [5.74, 6) is 0.834. The Balaban J connectivity index is 2.53. The highest BCUT2D eigenvalue weighted by Gasteiger charge is 2.05. The van der Waals surface area contributed by atoms with Gasteiger partial charge in [-0.05, 0) is 30.2 Å². The number of aliphatic hydroxyl groups excluding tert-OH is 1. The van der Waals surface area contributed by atoms with Crippen molar-refractivity contribution in [3.05, 3.63) is 33.8 Å². The molecule has 0 aliphatic carbocycles. The van der Waals surface area contributed by atoms with Crippen LogP contribution in [0, 0.1) is 0 Å². The van der Waals surface area contributed by atoms with Gasteiger partial charge in [0.25, 0.3) is 0 Å². The summed E-state index contributed by atoms with van der Waals surface area (Å²) < 4.78 is 0. The van der Waals surface area contributed by atoms with E-state index in [-0.39, 0.29) is 6.61 Å². The van der Waals surface area contributed by atoms with E-state index >= 15 is 0 Å². The molecule has 0 radical (unpaired) electrons. The fraction of sp³-hybridized carbons (Fsp3) is 0.455. The molecule has 1 unspecified atom stereocenters. The number of benzene rings is 1. The van der Waals surface area contributed by atoms with Crippen LogP contribution in [-0.2, 0) is 5.75 Å². The topological polar surface area (TPSA) is 20.2 Å². The van der Waals surface area contributed by atoms with Gasteiger partial charge in [0, 0.05) is 27.7 Å². The van der Waals surface area contributed by atoms with Crippen molar-refractivity contribution < 1.29 is 5.11 Å². The van der Waals surface area contributed by atoms with Gasteiger partial charge in [-0.1, -0.05) is 30.1 Å². The summed E-state index contributed by atoms with van der Waals surface area (Å²) in [5, 5.41) is 10.7. The first-order valence-electron chi connectivity index (χ1n) is 4.80. The van der Waals surface area contributed by atoms with Crippen LogP contribution in [0.5, 0.6) is 0 Å². The average Bonchev–Trinajstić information content (AvgIpc) is 2.20. The van der Waals surface area contributed by atoms with E-state index < -0.39 is 0 Å². The van der Waals surface area contributed by atoms with Crippen LogP contribution in [0.15, 0.2) is 18.2 Å². The second kappa shape index (κ2) is 6.64. The molecule has 1 N–H and O–H groups in total. The van der Waals surface area contributed by atoms with Crippen LogP contribution in [0.3, 0.4) is 0 Å². The largest absolute Gasteiger partial charge is 0.396 e. The van der Waals surface area contributed by atoms with Crippen molar-refractivity contribution in [1.82, 2.24) is 0 Å². The summed E-state index contributed by atoms with van der Waals surface area (Å²) >= 11 is 13.7. The van der Waals surface area contributed by atoms with Gasteiger partial charge in [0.1, 0.15) is 0 Å². The summed E-state index contributed by atoms with van der Waals surface area (Å²) in [4.78, 5) is 0. The molecule has 1 nitrogen and oxygen atoms in total. The third kappa shape index (κ3) is 4.64. The number of thioether (sulfide) groups is 1. The van der Waals surface area contributed by atoms with Crippen molar-refractivity contribution in [3.63, 3.8) is 0 Å². The van der Waals surface area contributed by atoms with Crippen LogP contribution in [0.4, 0.5) is 0 Å². The quantitative estimate of drug-likeness (QED) is 0.868. The third-order valence-corrected chi connectivity index (χ3v) is 3.95. The van der Waals surface area contributed by atoms with E-state index in [0.717, 1.165) is 22.8 Å². The minimum absolute atomic E-state index is 0.234. The van der Waals surface area contributed by atoms with Crippen LogP contribution in [0.25, 0.3) is 0 Å². The molecule has 4 heteroatoms. The van der Waals surface area contributed by atoms with Crippen molar-refractivity contribution in [1.29, 1.82) is 0 Å². The van der Waals surface area contributed by atoms with Gasteiger partial charge in [-0.15, -0.1) is 0 Å². The molecule has 84 valence electrons. The Morgan fingerprint density at radius 3 is 2.80 bits per heavy atom. The smallest absolute Gasteiger partial charge is 0.0447 e. The molecule has 0 fully saturated rings. The van der Waals surface area contributed by atoms with Crippen molar-refractivity contribution in [2.75, 3.05) is 6.61 Å². The molecular weight excluding hydrogens is 251 g/mol. The SMILES string of the molecule is CC(CCO)SCc1cc(Cl)ccc1Cl. The van der Waals surface area contributed by atoms with Crippen LogP contribution in [-0.4, -0.2) is 17.0 Å². The van der Waals surface area contributed by atoms with Crippen LogP contribution in [0.1, 0.15) is 18.9 Å². The Bertz CT molecular complexity index is 317. The molecule has 15 heavy (non-hydrogen) atoms. The normalized spacial score (nSPS) is 12.8. The lowest BCUT2D eigenvalue weighted by molar-refractivity contribution is 0.289. The van der Waals surface area contributed by atoms with Gasteiger partial charge in [0.2, 0.25) is 0 Å². The molecule has 1 atom stereocenters. The minimum atomic E-state index is 0.234. The summed E-state index contributed by atoms with van der Waals surface area (Å²) in [6.07, 6.45) is 0.808. The van der Waals surface area contributed by atoms with Crippen molar-refractivity contribution >= 4 is 35.0 Å². The fourth-order valence-corrected chi connectivity index (χ4v) is 2.58. The van der Waals surface area contributed by atoms with Crippen molar-refractivity contribution in [2.24, 2.45) is 0 Å². The highest BCUT2D eigenvalue weighted by Crippen LogP contribution is 2.27. The lowest BCUT2D eigenvalue weighted by Crippen LogP contribution is -2.00. The Kier molecular flexibility index (Phi) is 5.83. The van der Waals surface area contributed by atoms with Gasteiger partial charge in [-0.3, -0.25) is 0 Å². The first kappa shape index (κ1) is 13.2. The zero-order valence-corrected chi connectivity index (χ0v) is 10.9. The molecule has 0 saturated carbocycles. The molecule has 0 spiro atoms. The fourth-order valence-electron chi connectivity index (χ4n) is 1.15. The summed E-state index contributed by atoms with van der Waals surface area (Å²) in [6, 6.07) is 5.49. The molecule has 0 bridgehead atoms. The maximum atomic E-state index is 8.77. The number of hydrogen-bond acceptors (Lipinski definition) is 2. The molecular formula is C11H14Cl2OS. The Labute approximate surface area is 105 Å².